The number of thiophene rings is 1. The third-order valence-corrected chi connectivity index (χ3v) is 4.58. The maximum atomic E-state index is 11.2. The number of rotatable bonds is 3. The molecule has 0 aromatic carbocycles. The molecule has 0 bridgehead atoms. The third kappa shape index (κ3) is 2.68. The van der Waals surface area contributed by atoms with Crippen molar-refractivity contribution in [3.05, 3.63) is 16.5 Å². The van der Waals surface area contributed by atoms with Crippen LogP contribution in [0, 0.1) is 0 Å². The van der Waals surface area contributed by atoms with Gasteiger partial charge in [-0.3, -0.25) is 4.79 Å². The fourth-order valence-electron chi connectivity index (χ4n) is 0.699. The molecule has 0 saturated carbocycles. The van der Waals surface area contributed by atoms with E-state index in [1.54, 1.807) is 0 Å². The zero-order valence-corrected chi connectivity index (χ0v) is 8.62. The molecule has 4 nitrogen and oxygen atoms in total. The lowest BCUT2D eigenvalue weighted by Crippen LogP contribution is -2.14. The Labute approximate surface area is 83.7 Å². The van der Waals surface area contributed by atoms with Crippen molar-refractivity contribution in [3.63, 3.8) is 0 Å². The second-order valence-electron chi connectivity index (χ2n) is 2.21. The van der Waals surface area contributed by atoms with Crippen molar-refractivity contribution < 1.29 is 18.3 Å². The van der Waals surface area contributed by atoms with E-state index in [9.17, 15) is 13.2 Å². The van der Waals surface area contributed by atoms with Gasteiger partial charge in [0.05, 0.1) is 4.34 Å². The van der Waals surface area contributed by atoms with Gasteiger partial charge in [0.25, 0.3) is 0 Å². The molecule has 0 spiro atoms. The minimum atomic E-state index is -3.70. The molecule has 7 heteroatoms. The Hall–Kier alpha value is -0.590. The molecule has 1 aromatic rings. The smallest absolute Gasteiger partial charge is 0.319 e. The number of hydrogen-bond acceptors (Lipinski definition) is 4. The number of sulfone groups is 1. The molecule has 0 fully saturated rings. The molecule has 13 heavy (non-hydrogen) atoms. The van der Waals surface area contributed by atoms with E-state index in [-0.39, 0.29) is 4.21 Å². The Morgan fingerprint density at radius 1 is 1.54 bits per heavy atom. The van der Waals surface area contributed by atoms with E-state index in [0.29, 0.717) is 4.34 Å². The topological polar surface area (TPSA) is 71.4 Å². The lowest BCUT2D eigenvalue weighted by atomic mass is 10.7. The molecule has 0 unspecified atom stereocenters. The largest absolute Gasteiger partial charge is 0.480 e. The van der Waals surface area contributed by atoms with Gasteiger partial charge in [-0.1, -0.05) is 11.6 Å². The maximum absolute atomic E-state index is 11.2. The number of carboxylic acids is 1. The van der Waals surface area contributed by atoms with Crippen LogP contribution in [0.1, 0.15) is 0 Å². The predicted octanol–water partition coefficient (Wildman–Crippen LogP) is 1.26. The molecule has 1 rings (SSSR count). The molecule has 0 radical (unpaired) electrons. The monoisotopic (exact) mass is 240 g/mol. The molecule has 1 aromatic heterocycles. The van der Waals surface area contributed by atoms with Gasteiger partial charge in [0.1, 0.15) is 4.21 Å². The van der Waals surface area contributed by atoms with Gasteiger partial charge in [0, 0.05) is 0 Å². The van der Waals surface area contributed by atoms with Crippen LogP contribution >= 0.6 is 22.9 Å². The summed E-state index contributed by atoms with van der Waals surface area (Å²) in [6.45, 7) is 0. The molecule has 72 valence electrons. The SMILES string of the molecule is O=C(O)CS(=O)(=O)c1ccc(Cl)s1. The third-order valence-electron chi connectivity index (χ3n) is 1.17. The highest BCUT2D eigenvalue weighted by molar-refractivity contribution is 7.94. The molecule has 0 aliphatic heterocycles. The van der Waals surface area contributed by atoms with E-state index >= 15 is 0 Å². The Morgan fingerprint density at radius 2 is 2.15 bits per heavy atom. The van der Waals surface area contributed by atoms with E-state index in [0.717, 1.165) is 11.3 Å². The average Bonchev–Trinajstić information content (AvgIpc) is 2.32. The van der Waals surface area contributed by atoms with Gasteiger partial charge in [0.15, 0.2) is 15.6 Å². The Balaban J connectivity index is 3.01. The summed E-state index contributed by atoms with van der Waals surface area (Å²) in [5.41, 5.74) is 0. The van der Waals surface area contributed by atoms with E-state index in [4.69, 9.17) is 16.7 Å². The lowest BCUT2D eigenvalue weighted by Gasteiger charge is -1.95. The summed E-state index contributed by atoms with van der Waals surface area (Å²) in [5.74, 6) is -2.27. The van der Waals surface area contributed by atoms with Gasteiger partial charge in [-0.25, -0.2) is 8.42 Å². The zero-order chi connectivity index (χ0) is 10.1. The molecule has 0 aliphatic carbocycles. The van der Waals surface area contributed by atoms with Crippen molar-refractivity contribution in [1.82, 2.24) is 0 Å². The van der Waals surface area contributed by atoms with E-state index in [1.807, 2.05) is 0 Å². The molecule has 0 saturated heterocycles. The van der Waals surface area contributed by atoms with Gasteiger partial charge in [-0.05, 0) is 12.1 Å². The number of hydrogen-bond donors (Lipinski definition) is 1. The van der Waals surface area contributed by atoms with E-state index in [1.165, 1.54) is 12.1 Å². The summed E-state index contributed by atoms with van der Waals surface area (Å²) in [6, 6.07) is 2.71. The van der Waals surface area contributed by atoms with Gasteiger partial charge in [-0.15, -0.1) is 11.3 Å². The van der Waals surface area contributed by atoms with Crippen LogP contribution < -0.4 is 0 Å². The average molecular weight is 241 g/mol. The molecule has 1 heterocycles. The Kier molecular flexibility index (Phi) is 2.94. The zero-order valence-electron chi connectivity index (χ0n) is 6.23. The van der Waals surface area contributed by atoms with Crippen LogP contribution in [0.5, 0.6) is 0 Å². The Morgan fingerprint density at radius 3 is 2.54 bits per heavy atom. The molecular formula is C6H5ClO4S2. The van der Waals surface area contributed by atoms with Crippen molar-refractivity contribution in [2.24, 2.45) is 0 Å². The van der Waals surface area contributed by atoms with Crippen LogP contribution in [0.15, 0.2) is 16.3 Å². The standard InChI is InChI=1S/C6H5ClO4S2/c7-4-1-2-6(12-4)13(10,11)3-5(8)9/h1-2H,3H2,(H,8,9). The first-order valence-corrected chi connectivity index (χ1v) is 5.96. The van der Waals surface area contributed by atoms with Crippen LogP contribution in [0.4, 0.5) is 0 Å². The second kappa shape index (κ2) is 3.65. The summed E-state index contributed by atoms with van der Waals surface area (Å²) in [6.07, 6.45) is 0. The molecule has 0 aliphatic rings. The van der Waals surface area contributed by atoms with Crippen molar-refractivity contribution in [3.8, 4) is 0 Å². The van der Waals surface area contributed by atoms with Gasteiger partial charge >= 0.3 is 5.97 Å². The minimum Gasteiger partial charge on any atom is -0.480 e. The first-order chi connectivity index (χ1) is 5.92. The first kappa shape index (κ1) is 10.5. The summed E-state index contributed by atoms with van der Waals surface area (Å²) >= 11 is 6.36. The van der Waals surface area contributed by atoms with Gasteiger partial charge < -0.3 is 5.11 Å². The molecular weight excluding hydrogens is 236 g/mol. The number of halogens is 1. The van der Waals surface area contributed by atoms with Gasteiger partial charge in [-0.2, -0.15) is 0 Å². The predicted molar refractivity (Wildman–Crippen MR) is 49.0 cm³/mol. The minimum absolute atomic E-state index is 0.0140. The highest BCUT2D eigenvalue weighted by Crippen LogP contribution is 2.26. The second-order valence-corrected chi connectivity index (χ2v) is 6.14. The van der Waals surface area contributed by atoms with Crippen LogP contribution in [-0.2, 0) is 14.6 Å². The molecule has 0 amide bonds. The summed E-state index contributed by atoms with van der Waals surface area (Å²) in [4.78, 5) is 10.2. The first-order valence-electron chi connectivity index (χ1n) is 3.12. The van der Waals surface area contributed by atoms with Crippen molar-refractivity contribution in [2.45, 2.75) is 4.21 Å². The fraction of sp³-hybridized carbons (Fsp3) is 0.167. The van der Waals surface area contributed by atoms with Crippen LogP contribution in [-0.4, -0.2) is 25.2 Å². The molecule has 1 N–H and O–H groups in total. The van der Waals surface area contributed by atoms with Crippen molar-refractivity contribution in [1.29, 1.82) is 0 Å². The van der Waals surface area contributed by atoms with Crippen molar-refractivity contribution >= 4 is 38.7 Å². The summed E-state index contributed by atoms with van der Waals surface area (Å²) in [5, 5.41) is 8.31. The highest BCUT2D eigenvalue weighted by Gasteiger charge is 2.20. The number of carbonyl (C=O) groups is 1. The van der Waals surface area contributed by atoms with E-state index < -0.39 is 21.6 Å². The highest BCUT2D eigenvalue weighted by atomic mass is 35.5. The van der Waals surface area contributed by atoms with Crippen LogP contribution in [0.2, 0.25) is 4.34 Å². The summed E-state index contributed by atoms with van der Waals surface area (Å²) < 4.78 is 22.8. The van der Waals surface area contributed by atoms with Crippen molar-refractivity contribution in [2.75, 3.05) is 5.75 Å². The number of carboxylic acid groups (broad SMARTS) is 1. The lowest BCUT2D eigenvalue weighted by molar-refractivity contribution is -0.134. The maximum Gasteiger partial charge on any atom is 0.319 e. The molecule has 0 atom stereocenters. The normalized spacial score (nSPS) is 11.5. The van der Waals surface area contributed by atoms with Crippen LogP contribution in [0.3, 0.4) is 0 Å². The number of aliphatic carboxylic acids is 1. The quantitative estimate of drug-likeness (QED) is 0.864. The van der Waals surface area contributed by atoms with E-state index in [2.05, 4.69) is 0 Å². The van der Waals surface area contributed by atoms with Crippen LogP contribution in [0.25, 0.3) is 0 Å². The van der Waals surface area contributed by atoms with Gasteiger partial charge in [0.2, 0.25) is 0 Å². The Bertz CT molecular complexity index is 420. The fourth-order valence-corrected chi connectivity index (χ4v) is 3.31. The summed E-state index contributed by atoms with van der Waals surface area (Å²) in [7, 11) is -3.70.